The summed E-state index contributed by atoms with van der Waals surface area (Å²) in [7, 11) is 0. The number of nitrogens with zero attached hydrogens (tertiary/aromatic N) is 6. The van der Waals surface area contributed by atoms with Crippen molar-refractivity contribution >= 4 is 34.5 Å². The van der Waals surface area contributed by atoms with Gasteiger partial charge in [-0.3, -0.25) is 9.59 Å². The summed E-state index contributed by atoms with van der Waals surface area (Å²) in [5.41, 5.74) is 2.30. The van der Waals surface area contributed by atoms with E-state index in [-0.39, 0.29) is 24.7 Å². The Morgan fingerprint density at radius 3 is 2.60 bits per heavy atom. The van der Waals surface area contributed by atoms with Gasteiger partial charge in [0.2, 0.25) is 11.7 Å². The van der Waals surface area contributed by atoms with Crippen LogP contribution in [0.2, 0.25) is 0 Å². The summed E-state index contributed by atoms with van der Waals surface area (Å²) in [4.78, 5) is 42.6. The maximum atomic E-state index is 13.7. The van der Waals surface area contributed by atoms with E-state index in [1.165, 1.54) is 6.33 Å². The number of hydrogen-bond acceptors (Lipinski definition) is 6. The summed E-state index contributed by atoms with van der Waals surface area (Å²) in [6.07, 6.45) is 2.32. The largest absolute Gasteiger partial charge is 0.355 e. The molecule has 6 rings (SSSR count). The second-order valence-corrected chi connectivity index (χ2v) is 9.45. The smallest absolute Gasteiger partial charge is 0.290 e. The number of rotatable bonds is 3. The van der Waals surface area contributed by atoms with E-state index in [9.17, 15) is 18.4 Å². The Balaban J connectivity index is 1.31. The molecule has 2 amide bonds. The van der Waals surface area contributed by atoms with Gasteiger partial charge in [-0.1, -0.05) is 18.2 Å². The summed E-state index contributed by atoms with van der Waals surface area (Å²) >= 11 is 0. The highest BCUT2D eigenvalue weighted by molar-refractivity contribution is 6.06. The van der Waals surface area contributed by atoms with Crippen LogP contribution in [0.1, 0.15) is 42.4 Å². The van der Waals surface area contributed by atoms with Gasteiger partial charge in [-0.25, -0.2) is 23.7 Å². The van der Waals surface area contributed by atoms with Crippen LogP contribution in [-0.4, -0.2) is 68.3 Å². The Labute approximate surface area is 200 Å². The van der Waals surface area contributed by atoms with Crippen LogP contribution in [0.5, 0.6) is 0 Å². The molecule has 1 N–H and O–H groups in total. The van der Waals surface area contributed by atoms with Crippen LogP contribution in [0.15, 0.2) is 30.6 Å². The molecule has 1 spiro atoms. The van der Waals surface area contributed by atoms with E-state index in [4.69, 9.17) is 0 Å². The molecule has 2 aromatic heterocycles. The molecular formula is C24H25F2N7O2. The number of halogens is 2. The molecule has 0 bridgehead atoms. The van der Waals surface area contributed by atoms with Crippen molar-refractivity contribution in [2.45, 2.75) is 44.1 Å². The number of aromatic nitrogens is 4. The van der Waals surface area contributed by atoms with E-state index < -0.39 is 23.8 Å². The Morgan fingerprint density at radius 2 is 1.89 bits per heavy atom. The Bertz CT molecular complexity index is 1350. The number of carbonyl (C=O) groups is 2. The lowest BCUT2D eigenvalue weighted by molar-refractivity contribution is -0.121. The van der Waals surface area contributed by atoms with Gasteiger partial charge in [-0.2, -0.15) is 0 Å². The number of benzene rings is 1. The van der Waals surface area contributed by atoms with Crippen LogP contribution in [0.25, 0.3) is 11.2 Å². The standard InChI is InChI=1S/C24H25F2N7O2/c1-2-33-19-17(30-20(33)21(34)32-12-9-24(25,26)13-32)18(27-14-28-19)31-10-7-23(8-11-31)15-5-3-4-6-16(15)29-22(23)35/h3-6,14H,2,7-13H2,1H3,(H,29,35). The minimum absolute atomic E-state index is 0.00493. The predicted molar refractivity (Wildman–Crippen MR) is 125 cm³/mol. The quantitative estimate of drug-likeness (QED) is 0.618. The first-order valence-electron chi connectivity index (χ1n) is 11.9. The van der Waals surface area contributed by atoms with Crippen molar-refractivity contribution in [2.75, 3.05) is 36.4 Å². The number of piperidine rings is 1. The van der Waals surface area contributed by atoms with E-state index in [2.05, 4.69) is 25.2 Å². The van der Waals surface area contributed by atoms with Gasteiger partial charge in [0, 0.05) is 38.3 Å². The van der Waals surface area contributed by atoms with E-state index in [0.717, 1.165) is 16.2 Å². The van der Waals surface area contributed by atoms with Crippen LogP contribution in [0, 0.1) is 0 Å². The minimum Gasteiger partial charge on any atom is -0.355 e. The molecule has 11 heteroatoms. The molecule has 0 aliphatic carbocycles. The summed E-state index contributed by atoms with van der Waals surface area (Å²) in [5, 5.41) is 3.01. The zero-order valence-electron chi connectivity index (χ0n) is 19.3. The molecule has 2 saturated heterocycles. The lowest BCUT2D eigenvalue weighted by Crippen LogP contribution is -2.46. The van der Waals surface area contributed by atoms with E-state index in [1.54, 1.807) is 4.57 Å². The third kappa shape index (κ3) is 3.28. The molecule has 3 aromatic rings. The number of alkyl halides is 2. The van der Waals surface area contributed by atoms with Crippen LogP contribution in [0.3, 0.4) is 0 Å². The molecule has 2 fully saturated rings. The first kappa shape index (κ1) is 21.9. The van der Waals surface area contributed by atoms with Crippen molar-refractivity contribution in [1.82, 2.24) is 24.4 Å². The molecule has 182 valence electrons. The average Bonchev–Trinajstić information content (AvgIpc) is 3.50. The van der Waals surface area contributed by atoms with Crippen molar-refractivity contribution in [1.29, 1.82) is 0 Å². The molecular weight excluding hydrogens is 456 g/mol. The minimum atomic E-state index is -2.88. The molecule has 3 aliphatic heterocycles. The molecule has 0 atom stereocenters. The van der Waals surface area contributed by atoms with Gasteiger partial charge >= 0.3 is 0 Å². The van der Waals surface area contributed by atoms with Crippen molar-refractivity contribution in [3.05, 3.63) is 42.0 Å². The maximum Gasteiger partial charge on any atom is 0.290 e. The maximum absolute atomic E-state index is 13.7. The fourth-order valence-electron chi connectivity index (χ4n) is 5.64. The van der Waals surface area contributed by atoms with Gasteiger partial charge < -0.3 is 19.7 Å². The first-order valence-corrected chi connectivity index (χ1v) is 11.9. The fraction of sp³-hybridized carbons (Fsp3) is 0.458. The van der Waals surface area contributed by atoms with Gasteiger partial charge in [0.1, 0.15) is 6.33 Å². The second-order valence-electron chi connectivity index (χ2n) is 9.45. The number of aryl methyl sites for hydroxylation is 1. The molecule has 0 unspecified atom stereocenters. The van der Waals surface area contributed by atoms with Crippen LogP contribution < -0.4 is 10.2 Å². The van der Waals surface area contributed by atoms with Gasteiger partial charge in [0.15, 0.2) is 17.0 Å². The Hall–Kier alpha value is -3.63. The lowest BCUT2D eigenvalue weighted by Gasteiger charge is -2.38. The number of anilines is 2. The highest BCUT2D eigenvalue weighted by atomic mass is 19.3. The average molecular weight is 482 g/mol. The summed E-state index contributed by atoms with van der Waals surface area (Å²) in [6, 6.07) is 7.80. The SMILES string of the molecule is CCn1c(C(=O)N2CCC(F)(F)C2)nc2c(N3CCC4(CC3)C(=O)Nc3ccccc34)ncnc21. The molecule has 1 aromatic carbocycles. The number of imidazole rings is 1. The normalized spacial score (nSPS) is 20.5. The van der Waals surface area contributed by atoms with Crippen molar-refractivity contribution in [3.8, 4) is 0 Å². The third-order valence-electron chi connectivity index (χ3n) is 7.52. The molecule has 0 saturated carbocycles. The first-order chi connectivity index (χ1) is 16.8. The van der Waals surface area contributed by atoms with E-state index in [0.29, 0.717) is 49.5 Å². The highest BCUT2D eigenvalue weighted by Crippen LogP contribution is 2.45. The van der Waals surface area contributed by atoms with Crippen LogP contribution in [0.4, 0.5) is 20.3 Å². The molecule has 5 heterocycles. The number of likely N-dealkylation sites (tertiary alicyclic amines) is 1. The zero-order valence-corrected chi connectivity index (χ0v) is 19.3. The van der Waals surface area contributed by atoms with Gasteiger partial charge in [-0.05, 0) is 31.4 Å². The lowest BCUT2D eigenvalue weighted by atomic mass is 9.73. The fourth-order valence-corrected chi connectivity index (χ4v) is 5.64. The van der Waals surface area contributed by atoms with Crippen LogP contribution >= 0.6 is 0 Å². The molecule has 35 heavy (non-hydrogen) atoms. The highest BCUT2D eigenvalue weighted by Gasteiger charge is 2.48. The van der Waals surface area contributed by atoms with Crippen molar-refractivity contribution in [2.24, 2.45) is 0 Å². The summed E-state index contributed by atoms with van der Waals surface area (Å²) < 4.78 is 29.1. The van der Waals surface area contributed by atoms with Crippen molar-refractivity contribution < 1.29 is 18.4 Å². The van der Waals surface area contributed by atoms with E-state index in [1.807, 2.05) is 31.2 Å². The third-order valence-corrected chi connectivity index (χ3v) is 7.52. The number of fused-ring (bicyclic) bond motifs is 3. The number of amides is 2. The number of hydrogen-bond donors (Lipinski definition) is 1. The van der Waals surface area contributed by atoms with Crippen LogP contribution in [-0.2, 0) is 16.8 Å². The summed E-state index contributed by atoms with van der Waals surface area (Å²) in [5.74, 6) is -2.69. The molecule has 3 aliphatic rings. The Kier molecular flexibility index (Phi) is 4.81. The monoisotopic (exact) mass is 481 g/mol. The number of nitrogens with one attached hydrogen (secondary N) is 1. The predicted octanol–water partition coefficient (Wildman–Crippen LogP) is 2.82. The van der Waals surface area contributed by atoms with Gasteiger partial charge in [0.25, 0.3) is 11.8 Å². The van der Waals surface area contributed by atoms with Gasteiger partial charge in [-0.15, -0.1) is 0 Å². The molecule has 0 radical (unpaired) electrons. The Morgan fingerprint density at radius 1 is 1.11 bits per heavy atom. The van der Waals surface area contributed by atoms with Crippen molar-refractivity contribution in [3.63, 3.8) is 0 Å². The van der Waals surface area contributed by atoms with Gasteiger partial charge in [0.05, 0.1) is 12.0 Å². The number of para-hydroxylation sites is 1. The second kappa shape index (κ2) is 7.69. The zero-order chi connectivity index (χ0) is 24.4. The number of carbonyl (C=O) groups excluding carboxylic acids is 2. The molecule has 9 nitrogen and oxygen atoms in total. The summed E-state index contributed by atoms with van der Waals surface area (Å²) in [6.45, 7) is 2.82. The van der Waals surface area contributed by atoms with E-state index >= 15 is 0 Å². The topological polar surface area (TPSA) is 96.2 Å².